The lowest BCUT2D eigenvalue weighted by Crippen LogP contribution is -2.28. The van der Waals surface area contributed by atoms with E-state index in [9.17, 15) is 13.6 Å². The van der Waals surface area contributed by atoms with Crippen LogP contribution in [0, 0.1) is 12.8 Å². The summed E-state index contributed by atoms with van der Waals surface area (Å²) in [7, 11) is 1.66. The maximum absolute atomic E-state index is 14.0. The number of hydrogen-bond acceptors (Lipinski definition) is 5. The average molecular weight is 447 g/mol. The first kappa shape index (κ1) is 21.3. The predicted molar refractivity (Wildman–Crippen MR) is 112 cm³/mol. The number of tetrazole rings is 1. The maximum atomic E-state index is 14.0. The lowest BCUT2D eigenvalue weighted by Gasteiger charge is -2.23. The molecule has 0 radical (unpaired) electrons. The molecule has 1 aliphatic carbocycles. The van der Waals surface area contributed by atoms with Crippen molar-refractivity contribution in [1.82, 2.24) is 25.2 Å². The van der Waals surface area contributed by atoms with E-state index >= 15 is 0 Å². The van der Waals surface area contributed by atoms with Crippen LogP contribution in [0.25, 0.3) is 11.4 Å². The molecular weight excluding hydrogens is 426 g/mol. The molecule has 1 aliphatic rings. The number of aryl methyl sites for hydroxylation is 2. The van der Waals surface area contributed by atoms with E-state index in [4.69, 9.17) is 11.6 Å². The Bertz CT molecular complexity index is 1100. The second kappa shape index (κ2) is 8.30. The molecule has 10 heteroatoms. The summed E-state index contributed by atoms with van der Waals surface area (Å²) >= 11 is 6.00. The summed E-state index contributed by atoms with van der Waals surface area (Å²) in [5, 5.41) is 15.2. The number of aromatic nitrogens is 5. The van der Waals surface area contributed by atoms with Gasteiger partial charge < -0.3 is 5.32 Å². The molecule has 2 aromatic heterocycles. The van der Waals surface area contributed by atoms with Crippen molar-refractivity contribution in [3.05, 3.63) is 52.7 Å². The summed E-state index contributed by atoms with van der Waals surface area (Å²) in [6.07, 6.45) is 1.17. The summed E-state index contributed by atoms with van der Waals surface area (Å²) in [5.41, 5.74) is 2.14. The van der Waals surface area contributed by atoms with Crippen LogP contribution in [0.3, 0.4) is 0 Å². The third-order valence-electron chi connectivity index (χ3n) is 5.53. The SMILES string of the molecule is Cc1cc(NC(=O)[C@H](c2ccc(-c3nnn(C)n3)cc2)[C@H]2CCC(F)(F)C2)ncc1Cl. The van der Waals surface area contributed by atoms with E-state index in [0.29, 0.717) is 22.2 Å². The standard InChI is InChI=1S/C21H21ClF2N6O/c1-12-9-17(25-11-16(12)22)26-20(31)18(15-7-8-21(23,24)10-15)13-3-5-14(6-4-13)19-27-29-30(2)28-19/h3-6,9,11,15,18H,7-8,10H2,1-2H3,(H,25,26,31)/t15-,18+/m0/s1. The number of nitrogens with zero attached hydrogens (tertiary/aromatic N) is 5. The minimum absolute atomic E-state index is 0.221. The van der Waals surface area contributed by atoms with Crippen LogP contribution in [0.5, 0.6) is 0 Å². The molecule has 0 aliphatic heterocycles. The van der Waals surface area contributed by atoms with E-state index < -0.39 is 17.8 Å². The minimum atomic E-state index is -2.76. The number of anilines is 1. The fraction of sp³-hybridized carbons (Fsp3) is 0.381. The Morgan fingerprint density at radius 3 is 2.65 bits per heavy atom. The molecule has 0 unspecified atom stereocenters. The van der Waals surface area contributed by atoms with Crippen LogP contribution in [0.15, 0.2) is 36.5 Å². The van der Waals surface area contributed by atoms with E-state index in [2.05, 4.69) is 25.7 Å². The smallest absolute Gasteiger partial charge is 0.248 e. The number of carbonyl (C=O) groups is 1. The van der Waals surface area contributed by atoms with Gasteiger partial charge in [0.15, 0.2) is 0 Å². The summed E-state index contributed by atoms with van der Waals surface area (Å²) in [5.74, 6) is -3.58. The zero-order valence-electron chi connectivity index (χ0n) is 17.0. The fourth-order valence-electron chi connectivity index (χ4n) is 3.96. The molecule has 1 saturated carbocycles. The van der Waals surface area contributed by atoms with Crippen LogP contribution in [0.4, 0.5) is 14.6 Å². The molecule has 1 fully saturated rings. The number of alkyl halides is 2. The molecule has 7 nitrogen and oxygen atoms in total. The molecule has 0 bridgehead atoms. The first-order valence-electron chi connectivity index (χ1n) is 9.87. The van der Waals surface area contributed by atoms with E-state index in [-0.39, 0.29) is 25.2 Å². The van der Waals surface area contributed by atoms with Crippen molar-refractivity contribution in [3.8, 4) is 11.4 Å². The topological polar surface area (TPSA) is 85.6 Å². The van der Waals surface area contributed by atoms with Crippen LogP contribution in [-0.4, -0.2) is 37.0 Å². The van der Waals surface area contributed by atoms with Crippen molar-refractivity contribution in [1.29, 1.82) is 0 Å². The largest absolute Gasteiger partial charge is 0.310 e. The predicted octanol–water partition coefficient (Wildman–Crippen LogP) is 4.39. The van der Waals surface area contributed by atoms with Gasteiger partial charge in [0.25, 0.3) is 0 Å². The van der Waals surface area contributed by atoms with Crippen molar-refractivity contribution in [2.45, 2.75) is 38.0 Å². The van der Waals surface area contributed by atoms with Gasteiger partial charge in [0.2, 0.25) is 17.7 Å². The van der Waals surface area contributed by atoms with Crippen molar-refractivity contribution in [2.24, 2.45) is 13.0 Å². The number of benzene rings is 1. The Balaban J connectivity index is 1.62. The van der Waals surface area contributed by atoms with Gasteiger partial charge in [0.1, 0.15) is 5.82 Å². The second-order valence-electron chi connectivity index (χ2n) is 7.87. The van der Waals surface area contributed by atoms with Gasteiger partial charge in [-0.25, -0.2) is 13.8 Å². The van der Waals surface area contributed by atoms with Gasteiger partial charge in [-0.05, 0) is 41.7 Å². The van der Waals surface area contributed by atoms with Crippen LogP contribution < -0.4 is 5.32 Å². The Morgan fingerprint density at radius 1 is 1.32 bits per heavy atom. The monoisotopic (exact) mass is 446 g/mol. The quantitative estimate of drug-likeness (QED) is 0.628. The van der Waals surface area contributed by atoms with E-state index in [1.54, 1.807) is 44.3 Å². The number of nitrogens with one attached hydrogen (secondary N) is 1. The Kier molecular flexibility index (Phi) is 5.70. The normalized spacial score (nSPS) is 18.7. The zero-order chi connectivity index (χ0) is 22.2. The highest BCUT2D eigenvalue weighted by Gasteiger charge is 2.45. The highest BCUT2D eigenvalue weighted by Crippen LogP contribution is 2.46. The first-order valence-corrected chi connectivity index (χ1v) is 10.2. The maximum Gasteiger partial charge on any atom is 0.248 e. The summed E-state index contributed by atoms with van der Waals surface area (Å²) in [6, 6.07) is 8.71. The first-order chi connectivity index (χ1) is 14.7. The molecule has 2 atom stereocenters. The number of hydrogen-bond donors (Lipinski definition) is 1. The molecule has 162 valence electrons. The van der Waals surface area contributed by atoms with E-state index in [1.165, 1.54) is 11.0 Å². The van der Waals surface area contributed by atoms with Gasteiger partial charge in [0.05, 0.1) is 18.0 Å². The highest BCUT2D eigenvalue weighted by molar-refractivity contribution is 6.31. The number of rotatable bonds is 5. The molecule has 1 amide bonds. The third kappa shape index (κ3) is 4.71. The lowest BCUT2D eigenvalue weighted by molar-refractivity contribution is -0.118. The highest BCUT2D eigenvalue weighted by atomic mass is 35.5. The minimum Gasteiger partial charge on any atom is -0.310 e. The average Bonchev–Trinajstić information content (AvgIpc) is 3.31. The number of halogens is 3. The van der Waals surface area contributed by atoms with Gasteiger partial charge >= 0.3 is 0 Å². The molecule has 0 spiro atoms. The molecule has 4 rings (SSSR count). The van der Waals surface area contributed by atoms with Gasteiger partial charge in [-0.1, -0.05) is 35.9 Å². The molecule has 31 heavy (non-hydrogen) atoms. The van der Waals surface area contributed by atoms with Crippen molar-refractivity contribution in [2.75, 3.05) is 5.32 Å². The molecule has 1 N–H and O–H groups in total. The lowest BCUT2D eigenvalue weighted by atomic mass is 9.83. The molecule has 1 aromatic carbocycles. The van der Waals surface area contributed by atoms with Crippen LogP contribution >= 0.6 is 11.6 Å². The van der Waals surface area contributed by atoms with Crippen molar-refractivity contribution < 1.29 is 13.6 Å². The van der Waals surface area contributed by atoms with E-state index in [1.807, 2.05) is 0 Å². The fourth-order valence-corrected chi connectivity index (χ4v) is 4.06. The van der Waals surface area contributed by atoms with Gasteiger partial charge in [-0.3, -0.25) is 4.79 Å². The summed E-state index contributed by atoms with van der Waals surface area (Å²) < 4.78 is 27.9. The van der Waals surface area contributed by atoms with Crippen LogP contribution in [0.2, 0.25) is 5.02 Å². The van der Waals surface area contributed by atoms with Crippen molar-refractivity contribution >= 4 is 23.3 Å². The second-order valence-corrected chi connectivity index (χ2v) is 8.28. The van der Waals surface area contributed by atoms with Gasteiger partial charge in [-0.2, -0.15) is 4.80 Å². The summed E-state index contributed by atoms with van der Waals surface area (Å²) in [6.45, 7) is 1.80. The van der Waals surface area contributed by atoms with Gasteiger partial charge in [-0.15, -0.1) is 10.2 Å². The van der Waals surface area contributed by atoms with Gasteiger partial charge in [0, 0.05) is 24.6 Å². The third-order valence-corrected chi connectivity index (χ3v) is 5.93. The molecule has 3 aromatic rings. The number of carbonyl (C=O) groups excluding carboxylic acids is 1. The zero-order valence-corrected chi connectivity index (χ0v) is 17.8. The Morgan fingerprint density at radius 2 is 2.06 bits per heavy atom. The molecule has 2 heterocycles. The molecular formula is C21H21ClF2N6O. The summed E-state index contributed by atoms with van der Waals surface area (Å²) in [4.78, 5) is 18.7. The Hall–Kier alpha value is -2.94. The van der Waals surface area contributed by atoms with Crippen LogP contribution in [-0.2, 0) is 11.8 Å². The molecule has 0 saturated heterocycles. The van der Waals surface area contributed by atoms with E-state index in [0.717, 1.165) is 11.1 Å². The van der Waals surface area contributed by atoms with Crippen molar-refractivity contribution in [3.63, 3.8) is 0 Å². The number of pyridine rings is 1. The van der Waals surface area contributed by atoms with Crippen LogP contribution in [0.1, 0.15) is 36.3 Å². The Labute approximate surface area is 182 Å². The number of amides is 1.